The molecule has 0 bridgehead atoms. The van der Waals surface area contributed by atoms with E-state index in [0.29, 0.717) is 38.0 Å². The summed E-state index contributed by atoms with van der Waals surface area (Å²) in [6, 6.07) is 7.96. The summed E-state index contributed by atoms with van der Waals surface area (Å²) in [5.41, 5.74) is 0.524. The molecule has 0 atom stereocenters. The van der Waals surface area contributed by atoms with E-state index in [1.165, 1.54) is 6.07 Å². The molecule has 2 N–H and O–H groups in total. The molecule has 33 heavy (non-hydrogen) atoms. The van der Waals surface area contributed by atoms with E-state index in [9.17, 15) is 35.2 Å². The fourth-order valence-electron chi connectivity index (χ4n) is 3.46. The van der Waals surface area contributed by atoms with Crippen molar-refractivity contribution >= 4 is 15.9 Å². The van der Waals surface area contributed by atoms with Gasteiger partial charge in [0.05, 0.1) is 4.90 Å². The number of hydrogen-bond acceptors (Lipinski definition) is 4. The predicted octanol–water partition coefficient (Wildman–Crippen LogP) is 3.20. The first-order valence-corrected chi connectivity index (χ1v) is 11.5. The molecule has 0 spiro atoms. The molecule has 1 aliphatic heterocycles. The number of benzene rings is 2. The van der Waals surface area contributed by atoms with Gasteiger partial charge in [-0.1, -0.05) is 6.07 Å². The molecule has 0 unspecified atom stereocenters. The number of halogens is 5. The second kappa shape index (κ2) is 10.1. The fraction of sp³-hybridized carbons (Fsp3) is 0.381. The Labute approximate surface area is 187 Å². The van der Waals surface area contributed by atoms with Crippen molar-refractivity contribution in [3.63, 3.8) is 0 Å². The molecule has 0 saturated carbocycles. The maximum Gasteiger partial charge on any atom is 0.405 e. The summed E-state index contributed by atoms with van der Waals surface area (Å²) >= 11 is 0. The van der Waals surface area contributed by atoms with Crippen LogP contribution in [0.1, 0.15) is 28.8 Å². The number of alkyl halides is 3. The number of likely N-dealkylation sites (tertiary alicyclic amines) is 1. The Morgan fingerprint density at radius 1 is 1.00 bits per heavy atom. The zero-order chi connectivity index (χ0) is 24.2. The molecule has 1 heterocycles. The van der Waals surface area contributed by atoms with E-state index >= 15 is 0 Å². The maximum atomic E-state index is 13.4. The first-order valence-electron chi connectivity index (χ1n) is 10.1. The average Bonchev–Trinajstić information content (AvgIpc) is 2.75. The number of carbonyl (C=O) groups excluding carboxylic acids is 1. The van der Waals surface area contributed by atoms with Crippen LogP contribution in [-0.4, -0.2) is 51.1 Å². The Hall–Kier alpha value is -2.57. The Kier molecular flexibility index (Phi) is 7.70. The second-order valence-corrected chi connectivity index (χ2v) is 9.46. The van der Waals surface area contributed by atoms with Crippen molar-refractivity contribution < 1.29 is 35.2 Å². The quantitative estimate of drug-likeness (QED) is 0.584. The molecule has 12 heteroatoms. The first kappa shape index (κ1) is 25.1. The number of piperidine rings is 1. The standard InChI is InChI=1S/C21H22F5N3O3S/c22-18-6-1-14(11-19(18)23)12-29-9-7-16(8-10-29)28-33(31,32)17-4-2-15(3-5-17)20(30)27-13-21(24,25)26/h1-6,11,16,28H,7-10,12-13H2,(H,27,30). The number of hydrogen-bond donors (Lipinski definition) is 2. The minimum absolute atomic E-state index is 0.0938. The molecule has 0 radical (unpaired) electrons. The number of sulfonamides is 1. The zero-order valence-corrected chi connectivity index (χ0v) is 18.1. The molecule has 2 aromatic carbocycles. The van der Waals surface area contributed by atoms with E-state index in [0.717, 1.165) is 36.4 Å². The van der Waals surface area contributed by atoms with Crippen molar-refractivity contribution in [2.45, 2.75) is 36.5 Å². The molecular weight excluding hydrogens is 469 g/mol. The van der Waals surface area contributed by atoms with E-state index in [2.05, 4.69) is 4.72 Å². The van der Waals surface area contributed by atoms with Crippen LogP contribution in [-0.2, 0) is 16.6 Å². The normalized spacial score (nSPS) is 16.0. The smallest absolute Gasteiger partial charge is 0.343 e. The lowest BCUT2D eigenvalue weighted by atomic mass is 10.1. The summed E-state index contributed by atoms with van der Waals surface area (Å²) in [7, 11) is -3.90. The largest absolute Gasteiger partial charge is 0.405 e. The van der Waals surface area contributed by atoms with Crippen molar-refractivity contribution in [1.82, 2.24) is 14.9 Å². The Balaban J connectivity index is 1.52. The molecule has 1 fully saturated rings. The van der Waals surface area contributed by atoms with Gasteiger partial charge < -0.3 is 5.32 Å². The summed E-state index contributed by atoms with van der Waals surface area (Å²) in [6.07, 6.45) is -3.55. The topological polar surface area (TPSA) is 78.5 Å². The number of carbonyl (C=O) groups is 1. The highest BCUT2D eigenvalue weighted by molar-refractivity contribution is 7.89. The highest BCUT2D eigenvalue weighted by Gasteiger charge is 2.28. The van der Waals surface area contributed by atoms with Gasteiger partial charge >= 0.3 is 6.18 Å². The molecule has 6 nitrogen and oxygen atoms in total. The maximum absolute atomic E-state index is 13.4. The fourth-order valence-corrected chi connectivity index (χ4v) is 4.77. The Morgan fingerprint density at radius 2 is 1.64 bits per heavy atom. The van der Waals surface area contributed by atoms with Crippen molar-refractivity contribution in [1.29, 1.82) is 0 Å². The number of nitrogens with one attached hydrogen (secondary N) is 2. The molecule has 1 amide bonds. The Bertz CT molecular complexity index is 1080. The molecule has 2 aromatic rings. The van der Waals surface area contributed by atoms with Crippen LogP contribution in [0.4, 0.5) is 22.0 Å². The average molecular weight is 491 g/mol. The van der Waals surface area contributed by atoms with Crippen molar-refractivity contribution in [2.24, 2.45) is 0 Å². The van der Waals surface area contributed by atoms with Crippen LogP contribution in [0.15, 0.2) is 47.4 Å². The van der Waals surface area contributed by atoms with E-state index < -0.39 is 40.3 Å². The first-order chi connectivity index (χ1) is 15.4. The lowest BCUT2D eigenvalue weighted by molar-refractivity contribution is -0.123. The van der Waals surface area contributed by atoms with Crippen LogP contribution in [0.25, 0.3) is 0 Å². The van der Waals surface area contributed by atoms with Gasteiger partial charge in [0.1, 0.15) is 6.54 Å². The zero-order valence-electron chi connectivity index (χ0n) is 17.3. The van der Waals surface area contributed by atoms with Crippen molar-refractivity contribution in [3.05, 3.63) is 65.2 Å². The lowest BCUT2D eigenvalue weighted by Crippen LogP contribution is -2.44. The van der Waals surface area contributed by atoms with Crippen LogP contribution >= 0.6 is 0 Å². The van der Waals surface area contributed by atoms with Crippen molar-refractivity contribution in [2.75, 3.05) is 19.6 Å². The summed E-state index contributed by atoms with van der Waals surface area (Å²) in [6.45, 7) is 0.0196. The van der Waals surface area contributed by atoms with Gasteiger partial charge in [-0.2, -0.15) is 13.2 Å². The highest BCUT2D eigenvalue weighted by Crippen LogP contribution is 2.19. The highest BCUT2D eigenvalue weighted by atomic mass is 32.2. The van der Waals surface area contributed by atoms with Gasteiger partial charge in [-0.25, -0.2) is 21.9 Å². The number of rotatable bonds is 7. The van der Waals surface area contributed by atoms with Gasteiger partial charge in [0.15, 0.2) is 11.6 Å². The molecule has 1 saturated heterocycles. The van der Waals surface area contributed by atoms with Crippen LogP contribution in [0, 0.1) is 11.6 Å². The Morgan fingerprint density at radius 3 is 2.21 bits per heavy atom. The van der Waals surface area contributed by atoms with Crippen molar-refractivity contribution in [3.8, 4) is 0 Å². The van der Waals surface area contributed by atoms with Crippen LogP contribution < -0.4 is 10.0 Å². The third-order valence-corrected chi connectivity index (χ3v) is 6.71. The third kappa shape index (κ3) is 7.21. The molecule has 0 aliphatic carbocycles. The molecular formula is C21H22F5N3O3S. The summed E-state index contributed by atoms with van der Waals surface area (Å²) in [4.78, 5) is 13.6. The summed E-state index contributed by atoms with van der Waals surface area (Å²) in [5.74, 6) is -2.79. The van der Waals surface area contributed by atoms with Gasteiger partial charge in [0.2, 0.25) is 10.0 Å². The summed E-state index contributed by atoms with van der Waals surface area (Å²) in [5, 5.41) is 1.72. The SMILES string of the molecule is O=C(NCC(F)(F)F)c1ccc(S(=O)(=O)NC2CCN(Cc3ccc(F)c(F)c3)CC2)cc1. The van der Waals surface area contributed by atoms with Gasteiger partial charge in [-0.15, -0.1) is 0 Å². The number of amides is 1. The van der Waals surface area contributed by atoms with Gasteiger partial charge in [-0.3, -0.25) is 9.69 Å². The molecule has 1 aliphatic rings. The van der Waals surface area contributed by atoms with Gasteiger partial charge in [0.25, 0.3) is 5.91 Å². The van der Waals surface area contributed by atoms with E-state index in [4.69, 9.17) is 0 Å². The minimum Gasteiger partial charge on any atom is -0.343 e. The van der Waals surface area contributed by atoms with Gasteiger partial charge in [-0.05, 0) is 54.8 Å². The van der Waals surface area contributed by atoms with E-state index in [1.807, 2.05) is 4.90 Å². The third-order valence-electron chi connectivity index (χ3n) is 5.18. The van der Waals surface area contributed by atoms with Gasteiger partial charge in [0, 0.05) is 31.2 Å². The predicted molar refractivity (Wildman–Crippen MR) is 110 cm³/mol. The van der Waals surface area contributed by atoms with E-state index in [-0.39, 0.29) is 16.5 Å². The van der Waals surface area contributed by atoms with Crippen LogP contribution in [0.3, 0.4) is 0 Å². The molecule has 0 aromatic heterocycles. The monoisotopic (exact) mass is 491 g/mol. The minimum atomic E-state index is -4.55. The van der Waals surface area contributed by atoms with Crippen LogP contribution in [0.2, 0.25) is 0 Å². The second-order valence-electron chi connectivity index (χ2n) is 7.74. The number of nitrogens with zero attached hydrogens (tertiary/aromatic N) is 1. The molecule has 3 rings (SSSR count). The lowest BCUT2D eigenvalue weighted by Gasteiger charge is -2.32. The van der Waals surface area contributed by atoms with E-state index in [1.54, 1.807) is 5.32 Å². The molecule has 180 valence electrons. The van der Waals surface area contributed by atoms with Crippen LogP contribution in [0.5, 0.6) is 0 Å². The summed E-state index contributed by atoms with van der Waals surface area (Å²) < 4.78 is 90.9.